The Bertz CT molecular complexity index is 448. The molecule has 0 spiro atoms. The van der Waals surface area contributed by atoms with Crippen LogP contribution in [0.2, 0.25) is 0 Å². The standard InChI is InChI=1S/C17H28N2O3/c1-5-6-14(19-9-7-18-8-10-19)13-11-15(20-2)17(22-4)16(12-13)21-3/h11-12,14,18H,5-10H2,1-4H3/t14-/m1/s1. The van der Waals surface area contributed by atoms with Crippen LogP contribution in [0, 0.1) is 0 Å². The van der Waals surface area contributed by atoms with E-state index < -0.39 is 0 Å². The molecule has 22 heavy (non-hydrogen) atoms. The van der Waals surface area contributed by atoms with Gasteiger partial charge in [-0.2, -0.15) is 0 Å². The van der Waals surface area contributed by atoms with Gasteiger partial charge in [-0.05, 0) is 24.1 Å². The first-order chi connectivity index (χ1) is 10.7. The molecular formula is C17H28N2O3. The number of ether oxygens (including phenoxy) is 3. The van der Waals surface area contributed by atoms with E-state index in [1.54, 1.807) is 21.3 Å². The molecule has 1 aromatic rings. The number of nitrogens with zero attached hydrogens (tertiary/aromatic N) is 1. The molecule has 1 fully saturated rings. The number of methoxy groups -OCH3 is 3. The molecule has 2 rings (SSSR count). The SMILES string of the molecule is CCC[C@H](c1cc(OC)c(OC)c(OC)c1)N1CCNCC1. The summed E-state index contributed by atoms with van der Waals surface area (Å²) in [5.74, 6) is 2.12. The summed E-state index contributed by atoms with van der Waals surface area (Å²) in [4.78, 5) is 2.54. The van der Waals surface area contributed by atoms with Gasteiger partial charge in [-0.25, -0.2) is 0 Å². The average molecular weight is 308 g/mol. The van der Waals surface area contributed by atoms with Crippen molar-refractivity contribution in [2.75, 3.05) is 47.5 Å². The maximum atomic E-state index is 5.50. The Hall–Kier alpha value is -1.46. The minimum absolute atomic E-state index is 0.390. The van der Waals surface area contributed by atoms with Gasteiger partial charge in [0.15, 0.2) is 11.5 Å². The van der Waals surface area contributed by atoms with E-state index in [2.05, 4.69) is 29.3 Å². The lowest BCUT2D eigenvalue weighted by Crippen LogP contribution is -2.45. The van der Waals surface area contributed by atoms with Gasteiger partial charge in [0.1, 0.15) is 0 Å². The first-order valence-corrected chi connectivity index (χ1v) is 7.99. The fraction of sp³-hybridized carbons (Fsp3) is 0.647. The maximum absolute atomic E-state index is 5.50. The van der Waals surface area contributed by atoms with Crippen LogP contribution >= 0.6 is 0 Å². The molecule has 1 heterocycles. The van der Waals surface area contributed by atoms with E-state index in [9.17, 15) is 0 Å². The number of piperazine rings is 1. The Morgan fingerprint density at radius 3 is 2.09 bits per heavy atom. The van der Waals surface area contributed by atoms with Gasteiger partial charge < -0.3 is 19.5 Å². The van der Waals surface area contributed by atoms with Crippen molar-refractivity contribution in [2.24, 2.45) is 0 Å². The molecule has 0 saturated carbocycles. The second kappa shape index (κ2) is 8.25. The average Bonchev–Trinajstić information content (AvgIpc) is 2.59. The molecule has 5 heteroatoms. The van der Waals surface area contributed by atoms with E-state index >= 15 is 0 Å². The fourth-order valence-electron chi connectivity index (χ4n) is 3.12. The van der Waals surface area contributed by atoms with E-state index in [1.807, 2.05) is 0 Å². The minimum Gasteiger partial charge on any atom is -0.493 e. The van der Waals surface area contributed by atoms with Crippen LogP contribution in [0.15, 0.2) is 12.1 Å². The van der Waals surface area contributed by atoms with Gasteiger partial charge in [-0.15, -0.1) is 0 Å². The third-order valence-electron chi connectivity index (χ3n) is 4.23. The monoisotopic (exact) mass is 308 g/mol. The summed E-state index contributed by atoms with van der Waals surface area (Å²) in [6.07, 6.45) is 2.27. The lowest BCUT2D eigenvalue weighted by Gasteiger charge is -2.35. The van der Waals surface area contributed by atoms with Crippen molar-refractivity contribution in [3.8, 4) is 17.2 Å². The summed E-state index contributed by atoms with van der Waals surface area (Å²) in [6.45, 7) is 6.46. The molecule has 1 saturated heterocycles. The van der Waals surface area contributed by atoms with Crippen LogP contribution in [0.5, 0.6) is 17.2 Å². The summed E-state index contributed by atoms with van der Waals surface area (Å²) < 4.78 is 16.4. The topological polar surface area (TPSA) is 43.0 Å². The molecular weight excluding hydrogens is 280 g/mol. The summed E-state index contributed by atoms with van der Waals surface area (Å²) in [6, 6.07) is 4.56. The van der Waals surface area contributed by atoms with Crippen LogP contribution < -0.4 is 19.5 Å². The predicted molar refractivity (Wildman–Crippen MR) is 88.2 cm³/mol. The second-order valence-corrected chi connectivity index (χ2v) is 5.55. The van der Waals surface area contributed by atoms with Crippen LogP contribution in [0.25, 0.3) is 0 Å². The largest absolute Gasteiger partial charge is 0.493 e. The van der Waals surface area contributed by atoms with E-state index in [-0.39, 0.29) is 0 Å². The van der Waals surface area contributed by atoms with Crippen molar-refractivity contribution in [1.82, 2.24) is 10.2 Å². The Labute approximate surface area is 133 Å². The molecule has 1 N–H and O–H groups in total. The van der Waals surface area contributed by atoms with Crippen molar-refractivity contribution in [3.05, 3.63) is 17.7 Å². The normalized spacial score (nSPS) is 17.1. The second-order valence-electron chi connectivity index (χ2n) is 5.55. The molecule has 1 aromatic carbocycles. The van der Waals surface area contributed by atoms with Gasteiger partial charge in [0.25, 0.3) is 0 Å². The van der Waals surface area contributed by atoms with Gasteiger partial charge in [-0.1, -0.05) is 13.3 Å². The molecule has 0 bridgehead atoms. The van der Waals surface area contributed by atoms with Crippen LogP contribution in [-0.2, 0) is 0 Å². The van der Waals surface area contributed by atoms with Crippen LogP contribution in [0.3, 0.4) is 0 Å². The molecule has 1 aliphatic heterocycles. The molecule has 0 aromatic heterocycles. The first-order valence-electron chi connectivity index (χ1n) is 7.99. The smallest absolute Gasteiger partial charge is 0.203 e. The van der Waals surface area contributed by atoms with Gasteiger partial charge >= 0.3 is 0 Å². The Balaban J connectivity index is 2.37. The molecule has 1 atom stereocenters. The highest BCUT2D eigenvalue weighted by Crippen LogP contribution is 2.41. The van der Waals surface area contributed by atoms with Gasteiger partial charge in [0.05, 0.1) is 21.3 Å². The zero-order chi connectivity index (χ0) is 15.9. The molecule has 0 amide bonds. The van der Waals surface area contributed by atoms with Gasteiger partial charge in [0.2, 0.25) is 5.75 Å². The van der Waals surface area contributed by atoms with Crippen molar-refractivity contribution < 1.29 is 14.2 Å². The summed E-state index contributed by atoms with van der Waals surface area (Å²) in [5.41, 5.74) is 1.23. The highest BCUT2D eigenvalue weighted by Gasteiger charge is 2.24. The van der Waals surface area contributed by atoms with Crippen LogP contribution in [-0.4, -0.2) is 52.4 Å². The van der Waals surface area contributed by atoms with Crippen molar-refractivity contribution in [1.29, 1.82) is 0 Å². The van der Waals surface area contributed by atoms with E-state index in [0.717, 1.165) is 50.5 Å². The fourth-order valence-corrected chi connectivity index (χ4v) is 3.12. The molecule has 124 valence electrons. The lowest BCUT2D eigenvalue weighted by atomic mass is 9.98. The summed E-state index contributed by atoms with van der Waals surface area (Å²) in [7, 11) is 4.97. The third-order valence-corrected chi connectivity index (χ3v) is 4.23. The first kappa shape index (κ1) is 16.9. The number of nitrogens with one attached hydrogen (secondary N) is 1. The Morgan fingerprint density at radius 1 is 1.05 bits per heavy atom. The van der Waals surface area contributed by atoms with E-state index in [1.165, 1.54) is 5.56 Å². The highest BCUT2D eigenvalue weighted by molar-refractivity contribution is 5.54. The highest BCUT2D eigenvalue weighted by atomic mass is 16.5. The number of hydrogen-bond acceptors (Lipinski definition) is 5. The number of hydrogen-bond donors (Lipinski definition) is 1. The zero-order valence-electron chi connectivity index (χ0n) is 14.1. The van der Waals surface area contributed by atoms with Crippen LogP contribution in [0.1, 0.15) is 31.4 Å². The zero-order valence-corrected chi connectivity index (χ0v) is 14.1. The predicted octanol–water partition coefficient (Wildman–Crippen LogP) is 2.46. The van der Waals surface area contributed by atoms with Crippen LogP contribution in [0.4, 0.5) is 0 Å². The van der Waals surface area contributed by atoms with Crippen molar-refractivity contribution in [3.63, 3.8) is 0 Å². The molecule has 0 unspecified atom stereocenters. The Morgan fingerprint density at radius 2 is 1.64 bits per heavy atom. The summed E-state index contributed by atoms with van der Waals surface area (Å²) >= 11 is 0. The van der Waals surface area contributed by atoms with Crippen molar-refractivity contribution in [2.45, 2.75) is 25.8 Å². The van der Waals surface area contributed by atoms with Crippen molar-refractivity contribution >= 4 is 0 Å². The van der Waals surface area contributed by atoms with Gasteiger partial charge in [0, 0.05) is 32.2 Å². The van der Waals surface area contributed by atoms with E-state index in [0.29, 0.717) is 11.8 Å². The maximum Gasteiger partial charge on any atom is 0.203 e. The van der Waals surface area contributed by atoms with E-state index in [4.69, 9.17) is 14.2 Å². The van der Waals surface area contributed by atoms with Gasteiger partial charge in [-0.3, -0.25) is 4.90 Å². The molecule has 0 aliphatic carbocycles. The number of benzene rings is 1. The summed E-state index contributed by atoms with van der Waals surface area (Å²) in [5, 5.41) is 3.42. The molecule has 1 aliphatic rings. The number of rotatable bonds is 7. The lowest BCUT2D eigenvalue weighted by molar-refractivity contribution is 0.164. The quantitative estimate of drug-likeness (QED) is 0.838. The molecule has 0 radical (unpaired) electrons. The molecule has 5 nitrogen and oxygen atoms in total. The Kier molecular flexibility index (Phi) is 6.34. The third kappa shape index (κ3) is 3.65. The minimum atomic E-state index is 0.390.